The van der Waals surface area contributed by atoms with Crippen LogP contribution in [-0.4, -0.2) is 78.1 Å². The van der Waals surface area contributed by atoms with Gasteiger partial charge in [-0.15, -0.1) is 11.3 Å². The normalized spacial score (nSPS) is 24.0. The molecule has 0 radical (unpaired) electrons. The van der Waals surface area contributed by atoms with E-state index < -0.39 is 0 Å². The molecule has 2 aliphatic heterocycles. The van der Waals surface area contributed by atoms with Crippen LogP contribution in [0.1, 0.15) is 17.3 Å². The van der Waals surface area contributed by atoms with E-state index in [1.807, 2.05) is 22.4 Å². The van der Waals surface area contributed by atoms with Gasteiger partial charge in [-0.25, -0.2) is 0 Å². The molecule has 2 atom stereocenters. The number of hydrogen-bond acceptors (Lipinski definition) is 6. The molecule has 0 spiro atoms. The average molecular weight is 348 g/mol. The second kappa shape index (κ2) is 8.08. The van der Waals surface area contributed by atoms with Gasteiger partial charge in [0.2, 0.25) is 5.91 Å². The Bertz CT molecular complexity index is 578. The lowest BCUT2D eigenvalue weighted by Crippen LogP contribution is -2.51. The fraction of sp³-hybridized carbons (Fsp3) is 0.647. The summed E-state index contributed by atoms with van der Waals surface area (Å²) in [6.45, 7) is 5.20. The van der Waals surface area contributed by atoms with Gasteiger partial charge in [0, 0.05) is 44.2 Å². The summed E-state index contributed by atoms with van der Waals surface area (Å²) in [6.07, 6.45) is 0.974. The van der Waals surface area contributed by atoms with Crippen LogP contribution in [0.25, 0.3) is 0 Å². The predicted octanol–water partition coefficient (Wildman–Crippen LogP) is 0.771. The number of amides is 1. The molecule has 24 heavy (non-hydrogen) atoms. The van der Waals surface area contributed by atoms with Gasteiger partial charge in [0.25, 0.3) is 0 Å². The van der Waals surface area contributed by atoms with Gasteiger partial charge < -0.3 is 10.0 Å². The third-order valence-corrected chi connectivity index (χ3v) is 5.88. The summed E-state index contributed by atoms with van der Waals surface area (Å²) in [6, 6.07) is 6.16. The number of nitriles is 1. The number of hydrogen-bond donors (Lipinski definition) is 1. The Morgan fingerprint density at radius 1 is 1.38 bits per heavy atom. The number of aliphatic hydroxyl groups is 1. The molecule has 0 aromatic carbocycles. The van der Waals surface area contributed by atoms with Gasteiger partial charge in [-0.1, -0.05) is 6.07 Å². The molecule has 1 aromatic heterocycles. The van der Waals surface area contributed by atoms with Crippen molar-refractivity contribution in [2.75, 3.05) is 52.4 Å². The van der Waals surface area contributed by atoms with E-state index in [1.54, 1.807) is 11.3 Å². The lowest BCUT2D eigenvalue weighted by Gasteiger charge is -2.37. The molecule has 2 saturated heterocycles. The first-order valence-corrected chi connectivity index (χ1v) is 9.37. The number of carbonyl (C=O) groups is 1. The van der Waals surface area contributed by atoms with Gasteiger partial charge in [0.1, 0.15) is 6.04 Å². The molecule has 2 aliphatic rings. The molecule has 130 valence electrons. The van der Waals surface area contributed by atoms with Crippen LogP contribution >= 0.6 is 11.3 Å². The third-order valence-electron chi connectivity index (χ3n) is 4.95. The van der Waals surface area contributed by atoms with Crippen molar-refractivity contribution in [2.24, 2.45) is 5.92 Å². The fourth-order valence-corrected chi connectivity index (χ4v) is 4.30. The highest BCUT2D eigenvalue weighted by Crippen LogP contribution is 2.25. The quantitative estimate of drug-likeness (QED) is 0.851. The number of carbonyl (C=O) groups excluding carboxylic acids is 1. The Balaban J connectivity index is 1.48. The maximum absolute atomic E-state index is 12.5. The fourth-order valence-electron chi connectivity index (χ4n) is 3.50. The molecular weight excluding hydrogens is 324 g/mol. The van der Waals surface area contributed by atoms with Gasteiger partial charge in [-0.05, 0) is 30.3 Å². The second-order valence-corrected chi connectivity index (χ2v) is 7.52. The van der Waals surface area contributed by atoms with Crippen LogP contribution < -0.4 is 0 Å². The lowest BCUT2D eigenvalue weighted by atomic mass is 10.1. The van der Waals surface area contributed by atoms with E-state index in [4.69, 9.17) is 0 Å². The Kier molecular flexibility index (Phi) is 5.85. The Morgan fingerprint density at radius 2 is 2.17 bits per heavy atom. The topological polar surface area (TPSA) is 70.8 Å². The maximum atomic E-state index is 12.5. The maximum Gasteiger partial charge on any atom is 0.236 e. The van der Waals surface area contributed by atoms with Crippen LogP contribution in [-0.2, 0) is 4.79 Å². The zero-order valence-electron chi connectivity index (χ0n) is 13.8. The largest absolute Gasteiger partial charge is 0.396 e. The smallest absolute Gasteiger partial charge is 0.236 e. The Morgan fingerprint density at radius 3 is 2.75 bits per heavy atom. The standard InChI is InChI=1S/C17H24N4O2S/c18-10-15(16-2-1-9-24-16)20-5-7-21(8-6-20)17(23)12-19-4-3-14(11-19)13-22/h1-2,9,14-15,22H,3-8,11-13H2/t14-,15+/m0/s1. The monoisotopic (exact) mass is 348 g/mol. The summed E-state index contributed by atoms with van der Waals surface area (Å²) in [4.78, 5) is 19.7. The van der Waals surface area contributed by atoms with Gasteiger partial charge in [-0.2, -0.15) is 5.26 Å². The minimum atomic E-state index is -0.203. The molecule has 1 N–H and O–H groups in total. The lowest BCUT2D eigenvalue weighted by molar-refractivity contribution is -0.134. The molecule has 6 nitrogen and oxygen atoms in total. The van der Waals surface area contributed by atoms with Crippen molar-refractivity contribution in [1.29, 1.82) is 5.26 Å². The van der Waals surface area contributed by atoms with E-state index in [1.165, 1.54) is 0 Å². The van der Waals surface area contributed by atoms with Crippen LogP contribution in [0.3, 0.4) is 0 Å². The Hall–Kier alpha value is -1.46. The van der Waals surface area contributed by atoms with Crippen molar-refractivity contribution in [1.82, 2.24) is 14.7 Å². The van der Waals surface area contributed by atoms with Crippen molar-refractivity contribution in [3.63, 3.8) is 0 Å². The SMILES string of the molecule is N#C[C@H](c1cccs1)N1CCN(C(=O)CN2CC[C@H](CO)C2)CC1. The van der Waals surface area contributed by atoms with Crippen LogP contribution in [0, 0.1) is 17.2 Å². The molecule has 0 aliphatic carbocycles. The first-order valence-electron chi connectivity index (χ1n) is 8.49. The summed E-state index contributed by atoms with van der Waals surface area (Å²) in [7, 11) is 0. The zero-order valence-corrected chi connectivity index (χ0v) is 14.6. The number of aliphatic hydroxyl groups excluding tert-OH is 1. The summed E-state index contributed by atoms with van der Waals surface area (Å²) in [5.74, 6) is 0.481. The van der Waals surface area contributed by atoms with Crippen molar-refractivity contribution in [2.45, 2.75) is 12.5 Å². The van der Waals surface area contributed by atoms with E-state index >= 15 is 0 Å². The summed E-state index contributed by atoms with van der Waals surface area (Å²) >= 11 is 1.61. The van der Waals surface area contributed by atoms with E-state index in [9.17, 15) is 15.2 Å². The number of likely N-dealkylation sites (tertiary alicyclic amines) is 1. The van der Waals surface area contributed by atoms with Crippen LogP contribution in [0.4, 0.5) is 0 Å². The predicted molar refractivity (Wildman–Crippen MR) is 92.5 cm³/mol. The number of rotatable bonds is 5. The van der Waals surface area contributed by atoms with E-state index in [0.717, 1.165) is 37.5 Å². The highest BCUT2D eigenvalue weighted by atomic mass is 32.1. The third kappa shape index (κ3) is 3.95. The molecule has 3 rings (SSSR count). The van der Waals surface area contributed by atoms with E-state index in [2.05, 4.69) is 15.9 Å². The number of piperazine rings is 1. The molecule has 7 heteroatoms. The van der Waals surface area contributed by atoms with Crippen molar-refractivity contribution < 1.29 is 9.90 Å². The van der Waals surface area contributed by atoms with Crippen LogP contribution in [0.2, 0.25) is 0 Å². The van der Waals surface area contributed by atoms with Crippen LogP contribution in [0.5, 0.6) is 0 Å². The number of nitrogens with zero attached hydrogens (tertiary/aromatic N) is 4. The van der Waals surface area contributed by atoms with Gasteiger partial charge in [0.05, 0.1) is 12.6 Å². The van der Waals surface area contributed by atoms with Crippen molar-refractivity contribution in [3.8, 4) is 6.07 Å². The molecule has 0 unspecified atom stereocenters. The molecule has 1 amide bonds. The van der Waals surface area contributed by atoms with Crippen molar-refractivity contribution >= 4 is 17.2 Å². The molecule has 1 aromatic rings. The minimum Gasteiger partial charge on any atom is -0.396 e. The van der Waals surface area contributed by atoms with Crippen molar-refractivity contribution in [3.05, 3.63) is 22.4 Å². The second-order valence-electron chi connectivity index (χ2n) is 6.54. The zero-order chi connectivity index (χ0) is 16.9. The van der Waals surface area contributed by atoms with Gasteiger partial charge >= 0.3 is 0 Å². The highest BCUT2D eigenvalue weighted by molar-refractivity contribution is 7.10. The van der Waals surface area contributed by atoms with Gasteiger partial charge in [-0.3, -0.25) is 14.6 Å². The van der Waals surface area contributed by atoms with E-state index in [0.29, 0.717) is 25.6 Å². The molecular formula is C17H24N4O2S. The van der Waals surface area contributed by atoms with Gasteiger partial charge in [0.15, 0.2) is 0 Å². The number of thiophene rings is 1. The van der Waals surface area contributed by atoms with E-state index in [-0.39, 0.29) is 18.6 Å². The molecule has 2 fully saturated rings. The summed E-state index contributed by atoms with van der Waals surface area (Å²) < 4.78 is 0. The Labute approximate surface area is 146 Å². The highest BCUT2D eigenvalue weighted by Gasteiger charge is 2.29. The first kappa shape index (κ1) is 17.4. The average Bonchev–Trinajstić information content (AvgIpc) is 3.28. The summed E-state index contributed by atoms with van der Waals surface area (Å²) in [5.41, 5.74) is 0. The molecule has 3 heterocycles. The first-order chi connectivity index (χ1) is 11.7. The van der Waals surface area contributed by atoms with Crippen LogP contribution in [0.15, 0.2) is 17.5 Å². The minimum absolute atomic E-state index is 0.165. The molecule has 0 saturated carbocycles. The molecule has 0 bridgehead atoms. The summed E-state index contributed by atoms with van der Waals surface area (Å²) in [5, 5.41) is 20.7.